The third-order valence-corrected chi connectivity index (χ3v) is 5.45. The molecular weight excluding hydrogens is 288 g/mol. The van der Waals surface area contributed by atoms with Crippen LogP contribution in [0.25, 0.3) is 4.96 Å². The molecule has 3 aromatic heterocycles. The Morgan fingerprint density at radius 3 is 2.85 bits per heavy atom. The van der Waals surface area contributed by atoms with E-state index in [2.05, 4.69) is 52.8 Å². The second-order valence-corrected chi connectivity index (χ2v) is 7.15. The molecule has 4 nitrogen and oxygen atoms in total. The molecule has 3 heterocycles. The first-order valence-corrected chi connectivity index (χ1v) is 8.33. The van der Waals surface area contributed by atoms with Crippen LogP contribution in [0.3, 0.4) is 0 Å². The van der Waals surface area contributed by atoms with Gasteiger partial charge in [0.15, 0.2) is 4.96 Å². The molecule has 20 heavy (non-hydrogen) atoms. The zero-order valence-corrected chi connectivity index (χ0v) is 13.7. The normalized spacial score (nSPS) is 13.2. The molecule has 0 aromatic carbocycles. The van der Waals surface area contributed by atoms with Crippen molar-refractivity contribution in [2.45, 2.75) is 40.3 Å². The minimum absolute atomic E-state index is 0.262. The Balaban J connectivity index is 1.80. The summed E-state index contributed by atoms with van der Waals surface area (Å²) < 4.78 is 2.24. The van der Waals surface area contributed by atoms with E-state index in [4.69, 9.17) is 0 Å². The van der Waals surface area contributed by atoms with Crippen LogP contribution >= 0.6 is 22.7 Å². The third-order valence-electron chi connectivity index (χ3n) is 3.42. The summed E-state index contributed by atoms with van der Waals surface area (Å²) in [7, 11) is 0. The number of thiazole rings is 2. The Morgan fingerprint density at radius 1 is 1.35 bits per heavy atom. The Hall–Kier alpha value is -1.24. The summed E-state index contributed by atoms with van der Waals surface area (Å²) in [4.78, 5) is 11.4. The smallest absolute Gasteiger partial charge is 0.194 e. The van der Waals surface area contributed by atoms with Gasteiger partial charge >= 0.3 is 0 Å². The van der Waals surface area contributed by atoms with Gasteiger partial charge < -0.3 is 5.32 Å². The van der Waals surface area contributed by atoms with Gasteiger partial charge in [0.1, 0.15) is 5.01 Å². The van der Waals surface area contributed by atoms with E-state index >= 15 is 0 Å². The van der Waals surface area contributed by atoms with Gasteiger partial charge in [0.05, 0.1) is 17.4 Å². The van der Waals surface area contributed by atoms with Crippen molar-refractivity contribution in [2.24, 2.45) is 0 Å². The second-order valence-electron chi connectivity index (χ2n) is 5.05. The molecular formula is C14H18N4S2. The van der Waals surface area contributed by atoms with Crippen molar-refractivity contribution in [1.29, 1.82) is 0 Å². The summed E-state index contributed by atoms with van der Waals surface area (Å²) in [5.74, 6) is 0. The molecule has 0 spiro atoms. The molecule has 0 saturated carbocycles. The van der Waals surface area contributed by atoms with Crippen LogP contribution < -0.4 is 5.32 Å². The highest BCUT2D eigenvalue weighted by atomic mass is 32.1. The minimum Gasteiger partial charge on any atom is -0.302 e. The highest BCUT2D eigenvalue weighted by molar-refractivity contribution is 7.15. The molecule has 1 N–H and O–H groups in total. The SMILES string of the molecule is Cc1cnc(C(C)NCc2c(C)nc3scc(C)n23)s1. The lowest BCUT2D eigenvalue weighted by atomic mass is 10.3. The van der Waals surface area contributed by atoms with Crippen LogP contribution in [-0.4, -0.2) is 14.4 Å². The number of imidazole rings is 1. The predicted octanol–water partition coefficient (Wildman–Crippen LogP) is 3.63. The Bertz CT molecular complexity index is 738. The van der Waals surface area contributed by atoms with Crippen LogP contribution in [0.15, 0.2) is 11.6 Å². The molecule has 3 aromatic rings. The average molecular weight is 306 g/mol. The van der Waals surface area contributed by atoms with Gasteiger partial charge in [0, 0.05) is 28.7 Å². The summed E-state index contributed by atoms with van der Waals surface area (Å²) in [6.07, 6.45) is 1.93. The number of rotatable bonds is 4. The fourth-order valence-corrected chi connectivity index (χ4v) is 4.02. The number of aromatic nitrogens is 3. The second kappa shape index (κ2) is 5.27. The number of aryl methyl sites for hydroxylation is 3. The molecule has 0 amide bonds. The Morgan fingerprint density at radius 2 is 2.15 bits per heavy atom. The number of hydrogen-bond donors (Lipinski definition) is 1. The number of fused-ring (bicyclic) bond motifs is 1. The summed E-state index contributed by atoms with van der Waals surface area (Å²) in [5, 5.41) is 6.85. The molecule has 0 saturated heterocycles. The molecule has 1 atom stereocenters. The lowest BCUT2D eigenvalue weighted by Gasteiger charge is -2.11. The molecule has 6 heteroatoms. The first kappa shape index (κ1) is 13.7. The topological polar surface area (TPSA) is 42.2 Å². The van der Waals surface area contributed by atoms with Gasteiger partial charge in [-0.25, -0.2) is 9.97 Å². The van der Waals surface area contributed by atoms with E-state index in [0.717, 1.165) is 22.2 Å². The van der Waals surface area contributed by atoms with E-state index in [9.17, 15) is 0 Å². The molecule has 0 aliphatic heterocycles. The van der Waals surface area contributed by atoms with E-state index in [1.807, 2.05) is 6.20 Å². The van der Waals surface area contributed by atoms with Gasteiger partial charge in [-0.2, -0.15) is 0 Å². The molecule has 0 radical (unpaired) electrons. The summed E-state index contributed by atoms with van der Waals surface area (Å²) in [6.45, 7) is 9.26. The molecule has 0 aliphatic rings. The molecule has 0 aliphatic carbocycles. The maximum absolute atomic E-state index is 4.62. The maximum Gasteiger partial charge on any atom is 0.194 e. The van der Waals surface area contributed by atoms with E-state index in [-0.39, 0.29) is 6.04 Å². The first-order chi connectivity index (χ1) is 9.56. The van der Waals surface area contributed by atoms with E-state index in [1.54, 1.807) is 22.7 Å². The van der Waals surface area contributed by atoms with Crippen molar-refractivity contribution in [3.8, 4) is 0 Å². The minimum atomic E-state index is 0.262. The molecule has 3 rings (SSSR count). The molecule has 106 valence electrons. The van der Waals surface area contributed by atoms with Crippen LogP contribution in [0.5, 0.6) is 0 Å². The third kappa shape index (κ3) is 2.39. The van der Waals surface area contributed by atoms with Crippen molar-refractivity contribution in [1.82, 2.24) is 19.7 Å². The van der Waals surface area contributed by atoms with E-state index in [0.29, 0.717) is 0 Å². The summed E-state index contributed by atoms with van der Waals surface area (Å²) in [5.41, 5.74) is 3.61. The maximum atomic E-state index is 4.62. The zero-order chi connectivity index (χ0) is 14.3. The van der Waals surface area contributed by atoms with Crippen molar-refractivity contribution in [3.05, 3.63) is 38.5 Å². The predicted molar refractivity (Wildman–Crippen MR) is 84.6 cm³/mol. The zero-order valence-electron chi connectivity index (χ0n) is 12.1. The Labute approximate surface area is 126 Å². The largest absolute Gasteiger partial charge is 0.302 e. The van der Waals surface area contributed by atoms with Gasteiger partial charge in [0.2, 0.25) is 0 Å². The lowest BCUT2D eigenvalue weighted by Crippen LogP contribution is -2.19. The van der Waals surface area contributed by atoms with E-state index < -0.39 is 0 Å². The standard InChI is InChI=1S/C14H18N4S2/c1-8-7-19-14-17-10(3)12(18(8)14)6-15-11(4)13-16-5-9(2)20-13/h5,7,11,15H,6H2,1-4H3. The van der Waals surface area contributed by atoms with Crippen molar-refractivity contribution < 1.29 is 0 Å². The van der Waals surface area contributed by atoms with E-state index in [1.165, 1.54) is 16.3 Å². The summed E-state index contributed by atoms with van der Waals surface area (Å²) >= 11 is 3.45. The van der Waals surface area contributed by atoms with Crippen LogP contribution in [0.4, 0.5) is 0 Å². The quantitative estimate of drug-likeness (QED) is 0.800. The fourth-order valence-electron chi connectivity index (χ4n) is 2.29. The molecule has 0 bridgehead atoms. The van der Waals surface area contributed by atoms with Gasteiger partial charge in [-0.1, -0.05) is 0 Å². The Kier molecular flexibility index (Phi) is 3.62. The van der Waals surface area contributed by atoms with Crippen LogP contribution in [0, 0.1) is 20.8 Å². The summed E-state index contributed by atoms with van der Waals surface area (Å²) in [6, 6.07) is 0.262. The first-order valence-electron chi connectivity index (χ1n) is 6.64. The van der Waals surface area contributed by atoms with Crippen molar-refractivity contribution >= 4 is 27.6 Å². The van der Waals surface area contributed by atoms with Gasteiger partial charge in [-0.05, 0) is 27.7 Å². The monoisotopic (exact) mass is 306 g/mol. The van der Waals surface area contributed by atoms with Crippen molar-refractivity contribution in [3.63, 3.8) is 0 Å². The van der Waals surface area contributed by atoms with Crippen molar-refractivity contribution in [2.75, 3.05) is 0 Å². The van der Waals surface area contributed by atoms with Gasteiger partial charge in [-0.15, -0.1) is 22.7 Å². The number of hydrogen-bond acceptors (Lipinski definition) is 5. The highest BCUT2D eigenvalue weighted by Gasteiger charge is 2.14. The van der Waals surface area contributed by atoms with Gasteiger partial charge in [0.25, 0.3) is 0 Å². The van der Waals surface area contributed by atoms with Crippen LogP contribution in [-0.2, 0) is 6.54 Å². The molecule has 0 fully saturated rings. The average Bonchev–Trinajstić information content (AvgIpc) is 3.06. The van der Waals surface area contributed by atoms with Gasteiger partial charge in [-0.3, -0.25) is 4.40 Å². The molecule has 1 unspecified atom stereocenters. The fraction of sp³-hybridized carbons (Fsp3) is 0.429. The number of nitrogens with zero attached hydrogens (tertiary/aromatic N) is 3. The highest BCUT2D eigenvalue weighted by Crippen LogP contribution is 2.22. The van der Waals surface area contributed by atoms with Crippen LogP contribution in [0.1, 0.15) is 39.9 Å². The van der Waals surface area contributed by atoms with Crippen LogP contribution in [0.2, 0.25) is 0 Å². The lowest BCUT2D eigenvalue weighted by molar-refractivity contribution is 0.561. The number of nitrogens with one attached hydrogen (secondary N) is 1.